The van der Waals surface area contributed by atoms with E-state index in [1.165, 1.54) is 24.1 Å². The molecule has 41 heavy (non-hydrogen) atoms. The van der Waals surface area contributed by atoms with Crippen molar-refractivity contribution in [1.82, 2.24) is 19.7 Å². The van der Waals surface area contributed by atoms with Crippen molar-refractivity contribution in [2.75, 3.05) is 13.1 Å². The van der Waals surface area contributed by atoms with Gasteiger partial charge in [-0.1, -0.05) is 48.5 Å². The van der Waals surface area contributed by atoms with E-state index in [-0.39, 0.29) is 17.4 Å². The summed E-state index contributed by atoms with van der Waals surface area (Å²) in [5.41, 5.74) is 2.34. The summed E-state index contributed by atoms with van der Waals surface area (Å²) in [6.45, 7) is 3.47. The van der Waals surface area contributed by atoms with E-state index in [1.807, 2.05) is 60.3 Å². The van der Waals surface area contributed by atoms with Gasteiger partial charge in [-0.15, -0.1) is 0 Å². The highest BCUT2D eigenvalue weighted by Gasteiger charge is 2.46. The molecule has 1 aliphatic heterocycles. The van der Waals surface area contributed by atoms with E-state index in [0.717, 1.165) is 28.7 Å². The van der Waals surface area contributed by atoms with Gasteiger partial charge in [-0.2, -0.15) is 18.3 Å². The molecule has 5 aromatic rings. The zero-order valence-electron chi connectivity index (χ0n) is 22.3. The quantitative estimate of drug-likeness (QED) is 0.212. The minimum absolute atomic E-state index is 0.0873. The fourth-order valence-electron chi connectivity index (χ4n) is 4.72. The Balaban J connectivity index is 0.000000137. The van der Waals surface area contributed by atoms with Crippen molar-refractivity contribution in [3.63, 3.8) is 0 Å². The van der Waals surface area contributed by atoms with Crippen LogP contribution in [0.25, 0.3) is 16.6 Å². The Labute approximate surface area is 235 Å². The number of rotatable bonds is 2. The zero-order valence-corrected chi connectivity index (χ0v) is 22.3. The fourth-order valence-corrected chi connectivity index (χ4v) is 4.72. The molecule has 0 radical (unpaired) electrons. The maximum Gasteiger partial charge on any atom is 0.417 e. The molecule has 0 spiro atoms. The maximum atomic E-state index is 12.9. The Morgan fingerprint density at radius 3 is 2.05 bits per heavy atom. The number of carbonyl (C=O) groups is 1. The second-order valence-electron chi connectivity index (χ2n) is 10.1. The van der Waals surface area contributed by atoms with Gasteiger partial charge >= 0.3 is 6.18 Å². The number of hydrogen-bond donors (Lipinski definition) is 0. The summed E-state index contributed by atoms with van der Waals surface area (Å²) in [7, 11) is 0. The van der Waals surface area contributed by atoms with Crippen molar-refractivity contribution in [1.29, 1.82) is 0 Å². The number of amides is 1. The highest BCUT2D eigenvalue weighted by Crippen LogP contribution is 2.45. The molecule has 210 valence electrons. The summed E-state index contributed by atoms with van der Waals surface area (Å²) in [4.78, 5) is 17.2. The van der Waals surface area contributed by atoms with Crippen LogP contribution in [0.1, 0.15) is 28.0 Å². The Morgan fingerprint density at radius 2 is 1.49 bits per heavy atom. The third kappa shape index (κ3) is 6.98. The van der Waals surface area contributed by atoms with Crippen LogP contribution in [0.3, 0.4) is 0 Å². The summed E-state index contributed by atoms with van der Waals surface area (Å²) < 4.78 is 51.7. The largest absolute Gasteiger partial charge is 0.417 e. The molecule has 2 aliphatic rings. The van der Waals surface area contributed by atoms with Gasteiger partial charge in [0, 0.05) is 24.7 Å². The van der Waals surface area contributed by atoms with E-state index < -0.39 is 11.7 Å². The van der Waals surface area contributed by atoms with Gasteiger partial charge in [-0.25, -0.2) is 9.07 Å². The lowest BCUT2D eigenvalue weighted by Crippen LogP contribution is -2.31. The lowest BCUT2D eigenvalue weighted by Gasteiger charge is -2.17. The van der Waals surface area contributed by atoms with Crippen LogP contribution >= 0.6 is 0 Å². The second kappa shape index (κ2) is 11.9. The molecular weight excluding hydrogens is 532 g/mol. The Bertz CT molecular complexity index is 1560. The summed E-state index contributed by atoms with van der Waals surface area (Å²) in [5, 5.41) is 5.41. The number of fused-ring (bicyclic) bond motifs is 2. The highest BCUT2D eigenvalue weighted by atomic mass is 19.4. The molecule has 0 N–H and O–H groups in total. The first-order chi connectivity index (χ1) is 19.7. The molecule has 1 saturated carbocycles. The number of hydrogen-bond acceptors (Lipinski definition) is 3. The Kier molecular flexibility index (Phi) is 8.14. The topological polar surface area (TPSA) is 51.0 Å². The van der Waals surface area contributed by atoms with Crippen molar-refractivity contribution >= 4 is 16.8 Å². The maximum absolute atomic E-state index is 12.9. The monoisotopic (exact) mass is 560 g/mol. The van der Waals surface area contributed by atoms with E-state index in [2.05, 4.69) is 22.2 Å². The minimum Gasteiger partial charge on any atom is -0.337 e. The van der Waals surface area contributed by atoms with Crippen molar-refractivity contribution in [3.8, 4) is 5.69 Å². The number of piperidine rings is 1. The third-order valence-electron chi connectivity index (χ3n) is 7.04. The average molecular weight is 561 g/mol. The van der Waals surface area contributed by atoms with Crippen molar-refractivity contribution in [2.45, 2.75) is 19.5 Å². The van der Waals surface area contributed by atoms with E-state index in [4.69, 9.17) is 0 Å². The highest BCUT2D eigenvalue weighted by molar-refractivity contribution is 5.92. The van der Waals surface area contributed by atoms with Crippen LogP contribution in [-0.2, 0) is 6.18 Å². The first kappa shape index (κ1) is 28.0. The standard InChI is InChI=1S/C14H11FN2.C12H11F3N2O.C6H6/c1-10-2-3-11-9-16-17(14(11)8-10)13-6-4-12(15)5-7-13;13-12(14,15)9-1-2-10(16-4-9)11(18)17-5-7-3-8(7)6-17;1-2-4-6-5-3-1/h2-9H,1H3;1-2,4,7-8H,3,5-6H2;1-6H. The smallest absolute Gasteiger partial charge is 0.337 e. The van der Waals surface area contributed by atoms with Gasteiger partial charge in [0.1, 0.15) is 11.5 Å². The first-order valence-corrected chi connectivity index (χ1v) is 13.2. The van der Waals surface area contributed by atoms with Crippen LogP contribution in [0.4, 0.5) is 17.6 Å². The van der Waals surface area contributed by atoms with Gasteiger partial charge in [0.25, 0.3) is 5.91 Å². The predicted octanol–water partition coefficient (Wildman–Crippen LogP) is 7.35. The van der Waals surface area contributed by atoms with Gasteiger partial charge in [-0.3, -0.25) is 9.78 Å². The number of likely N-dealkylation sites (tertiary alicyclic amines) is 1. The van der Waals surface area contributed by atoms with E-state index in [9.17, 15) is 22.4 Å². The first-order valence-electron chi connectivity index (χ1n) is 13.2. The SMILES string of the molecule is Cc1ccc2cnn(-c3ccc(F)cc3)c2c1.O=C(c1ccc(C(F)(F)F)cn1)N1CC2CC2C1.c1ccccc1. The summed E-state index contributed by atoms with van der Waals surface area (Å²) >= 11 is 0. The Hall–Kier alpha value is -4.53. The van der Waals surface area contributed by atoms with Gasteiger partial charge in [0.2, 0.25) is 0 Å². The van der Waals surface area contributed by atoms with Gasteiger partial charge in [0.05, 0.1) is 23.0 Å². The molecule has 1 aliphatic carbocycles. The van der Waals surface area contributed by atoms with Crippen LogP contribution in [0.2, 0.25) is 0 Å². The van der Waals surface area contributed by atoms with Crippen LogP contribution in [0.5, 0.6) is 0 Å². The van der Waals surface area contributed by atoms with Crippen molar-refractivity contribution in [3.05, 3.63) is 126 Å². The molecule has 3 aromatic carbocycles. The second-order valence-corrected chi connectivity index (χ2v) is 10.1. The van der Waals surface area contributed by atoms with Crippen molar-refractivity contribution < 1.29 is 22.4 Å². The molecule has 9 heteroatoms. The number of aromatic nitrogens is 3. The molecule has 0 bridgehead atoms. The number of halogens is 4. The molecule has 1 amide bonds. The molecule has 2 aromatic heterocycles. The summed E-state index contributed by atoms with van der Waals surface area (Å²) in [5.74, 6) is 0.698. The zero-order chi connectivity index (χ0) is 29.0. The molecule has 2 unspecified atom stereocenters. The number of aryl methyl sites for hydroxylation is 1. The van der Waals surface area contributed by atoms with Crippen LogP contribution in [0.15, 0.2) is 103 Å². The van der Waals surface area contributed by atoms with Gasteiger partial charge < -0.3 is 4.90 Å². The number of alkyl halides is 3. The lowest BCUT2D eigenvalue weighted by molar-refractivity contribution is -0.137. The predicted molar refractivity (Wildman–Crippen MR) is 149 cm³/mol. The van der Waals surface area contributed by atoms with E-state index in [1.54, 1.807) is 17.0 Å². The van der Waals surface area contributed by atoms with Gasteiger partial charge in [-0.05, 0) is 73.2 Å². The molecular formula is C32H28F4N4O. The Morgan fingerprint density at radius 1 is 0.854 bits per heavy atom. The van der Waals surface area contributed by atoms with Crippen LogP contribution in [-0.4, -0.2) is 38.7 Å². The van der Waals surface area contributed by atoms with Crippen molar-refractivity contribution in [2.24, 2.45) is 11.8 Å². The fraction of sp³-hybridized carbons (Fsp3) is 0.219. The number of benzene rings is 3. The average Bonchev–Trinajstić information content (AvgIpc) is 3.37. The third-order valence-corrected chi connectivity index (χ3v) is 7.04. The van der Waals surface area contributed by atoms with Crippen LogP contribution < -0.4 is 0 Å². The molecule has 2 fully saturated rings. The molecule has 7 rings (SSSR count). The number of nitrogens with zero attached hydrogens (tertiary/aromatic N) is 4. The lowest BCUT2D eigenvalue weighted by atomic mass is 10.2. The molecule has 1 saturated heterocycles. The van der Waals surface area contributed by atoms with E-state index >= 15 is 0 Å². The molecule has 5 nitrogen and oxygen atoms in total. The van der Waals surface area contributed by atoms with E-state index in [0.29, 0.717) is 31.1 Å². The summed E-state index contributed by atoms with van der Waals surface area (Å²) in [6.07, 6.45) is -0.712. The van der Waals surface area contributed by atoms with Gasteiger partial charge in [0.15, 0.2) is 0 Å². The normalized spacial score (nSPS) is 17.1. The summed E-state index contributed by atoms with van der Waals surface area (Å²) in [6, 6.07) is 26.6. The number of carbonyl (C=O) groups excluding carboxylic acids is 1. The molecule has 2 atom stereocenters. The van der Waals surface area contributed by atoms with Crippen LogP contribution in [0, 0.1) is 24.6 Å². The molecule has 3 heterocycles. The number of pyridine rings is 1. The minimum atomic E-state index is -4.41.